The molecule has 0 aromatic carbocycles. The summed E-state index contributed by atoms with van der Waals surface area (Å²) in [5.74, 6) is 1.38. The SMILES string of the molecule is C=C(C)[C@H]1C[C@@H]2CCC(C)=C(CC[C@]1(C)CCCO)C2(C)C. The van der Waals surface area contributed by atoms with E-state index in [0.717, 1.165) is 18.8 Å². The monoisotopic (exact) mass is 304 g/mol. The molecule has 0 saturated heterocycles. The van der Waals surface area contributed by atoms with Gasteiger partial charge < -0.3 is 5.11 Å². The van der Waals surface area contributed by atoms with Crippen molar-refractivity contribution in [3.63, 3.8) is 0 Å². The zero-order valence-corrected chi connectivity index (χ0v) is 15.5. The van der Waals surface area contributed by atoms with Gasteiger partial charge in [-0.1, -0.05) is 44.1 Å². The van der Waals surface area contributed by atoms with E-state index < -0.39 is 0 Å². The van der Waals surface area contributed by atoms with E-state index in [9.17, 15) is 5.11 Å². The van der Waals surface area contributed by atoms with Crippen molar-refractivity contribution in [2.45, 2.75) is 79.6 Å². The van der Waals surface area contributed by atoms with Gasteiger partial charge in [-0.3, -0.25) is 0 Å². The van der Waals surface area contributed by atoms with E-state index in [2.05, 4.69) is 41.2 Å². The molecule has 3 atom stereocenters. The molecule has 0 radical (unpaired) electrons. The highest BCUT2D eigenvalue weighted by molar-refractivity contribution is 5.26. The van der Waals surface area contributed by atoms with Gasteiger partial charge in [0.1, 0.15) is 0 Å². The van der Waals surface area contributed by atoms with E-state index in [0.29, 0.717) is 23.4 Å². The summed E-state index contributed by atoms with van der Waals surface area (Å²) in [5, 5.41) is 9.32. The lowest BCUT2D eigenvalue weighted by atomic mass is 9.54. The summed E-state index contributed by atoms with van der Waals surface area (Å²) in [7, 11) is 0. The number of rotatable bonds is 4. The smallest absolute Gasteiger partial charge is 0.0431 e. The van der Waals surface area contributed by atoms with Crippen LogP contribution in [0.1, 0.15) is 79.6 Å². The van der Waals surface area contributed by atoms with Crippen LogP contribution in [0, 0.1) is 22.7 Å². The normalized spacial score (nSPS) is 35.0. The average molecular weight is 305 g/mol. The lowest BCUT2D eigenvalue weighted by Crippen LogP contribution is -2.40. The quantitative estimate of drug-likeness (QED) is 0.642. The van der Waals surface area contributed by atoms with Crippen LogP contribution in [0.25, 0.3) is 0 Å². The minimum Gasteiger partial charge on any atom is -0.396 e. The van der Waals surface area contributed by atoms with Gasteiger partial charge in [0.25, 0.3) is 0 Å². The standard InChI is InChI=1S/C21H36O/c1-15(2)19-14-17-9-8-16(3)18(20(17,4)5)10-12-21(19,6)11-7-13-22/h17,19,22H,1,7-14H2,2-6H3/t17-,19+,21-/m0/s1. The van der Waals surface area contributed by atoms with Crippen molar-refractivity contribution < 1.29 is 5.11 Å². The number of aliphatic hydroxyl groups excluding tert-OH is 1. The third-order valence-electron chi connectivity index (χ3n) is 6.99. The highest BCUT2D eigenvalue weighted by Crippen LogP contribution is 2.56. The Balaban J connectivity index is 2.38. The molecular weight excluding hydrogens is 268 g/mol. The largest absolute Gasteiger partial charge is 0.396 e. The third-order valence-corrected chi connectivity index (χ3v) is 6.99. The molecule has 0 aromatic heterocycles. The van der Waals surface area contributed by atoms with Gasteiger partial charge in [-0.25, -0.2) is 0 Å². The molecule has 2 aliphatic carbocycles. The van der Waals surface area contributed by atoms with Crippen molar-refractivity contribution in [1.82, 2.24) is 0 Å². The van der Waals surface area contributed by atoms with Crippen LogP contribution in [0.4, 0.5) is 0 Å². The third kappa shape index (κ3) is 3.20. The summed E-state index contributed by atoms with van der Waals surface area (Å²) in [5.41, 5.74) is 5.39. The highest BCUT2D eigenvalue weighted by Gasteiger charge is 2.45. The number of hydrogen-bond donors (Lipinski definition) is 1. The number of allylic oxidation sites excluding steroid dienone is 3. The Hall–Kier alpha value is -0.560. The Bertz CT molecular complexity index is 457. The molecule has 0 heterocycles. The van der Waals surface area contributed by atoms with Crippen molar-refractivity contribution in [2.75, 3.05) is 6.61 Å². The van der Waals surface area contributed by atoms with Crippen LogP contribution in [0.2, 0.25) is 0 Å². The first-order valence-corrected chi connectivity index (χ1v) is 9.17. The van der Waals surface area contributed by atoms with Crippen LogP contribution in [-0.2, 0) is 0 Å². The van der Waals surface area contributed by atoms with Crippen molar-refractivity contribution in [3.05, 3.63) is 23.3 Å². The van der Waals surface area contributed by atoms with Gasteiger partial charge >= 0.3 is 0 Å². The first kappa shape index (κ1) is 17.8. The molecule has 1 heteroatoms. The van der Waals surface area contributed by atoms with Gasteiger partial charge in [0, 0.05) is 6.61 Å². The average Bonchev–Trinajstić information content (AvgIpc) is 2.42. The Kier molecular flexibility index (Phi) is 5.27. The lowest BCUT2D eigenvalue weighted by Gasteiger charge is -2.50. The summed E-state index contributed by atoms with van der Waals surface area (Å²) >= 11 is 0. The molecule has 126 valence electrons. The Morgan fingerprint density at radius 1 is 1.27 bits per heavy atom. The molecule has 0 spiro atoms. The van der Waals surface area contributed by atoms with Crippen LogP contribution in [0.15, 0.2) is 23.3 Å². The summed E-state index contributed by atoms with van der Waals surface area (Å²) in [6.07, 6.45) is 8.43. The Morgan fingerprint density at radius 2 is 1.95 bits per heavy atom. The highest BCUT2D eigenvalue weighted by atomic mass is 16.2. The zero-order chi connectivity index (χ0) is 16.5. The summed E-state index contributed by atoms with van der Waals surface area (Å²) < 4.78 is 0. The van der Waals surface area contributed by atoms with Crippen LogP contribution in [0.5, 0.6) is 0 Å². The maximum Gasteiger partial charge on any atom is 0.0431 e. The van der Waals surface area contributed by atoms with Crippen LogP contribution in [0.3, 0.4) is 0 Å². The molecule has 1 saturated carbocycles. The van der Waals surface area contributed by atoms with Gasteiger partial charge in [0.15, 0.2) is 0 Å². The van der Waals surface area contributed by atoms with E-state index in [1.807, 2.05) is 0 Å². The number of hydrogen-bond acceptors (Lipinski definition) is 1. The maximum atomic E-state index is 9.32. The molecule has 0 unspecified atom stereocenters. The molecule has 1 fully saturated rings. The fourth-order valence-corrected chi connectivity index (χ4v) is 5.38. The molecule has 0 amide bonds. The first-order chi connectivity index (χ1) is 10.2. The minimum atomic E-state index is 0.298. The van der Waals surface area contributed by atoms with Crippen LogP contribution < -0.4 is 0 Å². The fraction of sp³-hybridized carbons (Fsp3) is 0.810. The predicted molar refractivity (Wildman–Crippen MR) is 95.8 cm³/mol. The topological polar surface area (TPSA) is 20.2 Å². The minimum absolute atomic E-state index is 0.298. The molecule has 1 nitrogen and oxygen atoms in total. The fourth-order valence-electron chi connectivity index (χ4n) is 5.38. The van der Waals surface area contributed by atoms with Gasteiger partial charge in [-0.2, -0.15) is 0 Å². The van der Waals surface area contributed by atoms with E-state index in [4.69, 9.17) is 0 Å². The van der Waals surface area contributed by atoms with Crippen molar-refractivity contribution in [2.24, 2.45) is 22.7 Å². The van der Waals surface area contributed by atoms with E-state index in [1.165, 1.54) is 37.7 Å². The van der Waals surface area contributed by atoms with Gasteiger partial charge in [-0.05, 0) is 81.5 Å². The maximum absolute atomic E-state index is 9.32. The second kappa shape index (κ2) is 6.51. The van der Waals surface area contributed by atoms with Crippen molar-refractivity contribution in [3.8, 4) is 0 Å². The molecule has 2 rings (SSSR count). The van der Waals surface area contributed by atoms with Crippen LogP contribution >= 0.6 is 0 Å². The number of aliphatic hydroxyl groups is 1. The van der Waals surface area contributed by atoms with Gasteiger partial charge in [-0.15, -0.1) is 0 Å². The van der Waals surface area contributed by atoms with Crippen molar-refractivity contribution in [1.29, 1.82) is 0 Å². The molecule has 1 N–H and O–H groups in total. The molecule has 0 aromatic rings. The summed E-state index contributed by atoms with van der Waals surface area (Å²) in [6, 6.07) is 0. The Morgan fingerprint density at radius 3 is 2.55 bits per heavy atom. The molecule has 2 aliphatic rings. The molecule has 0 aliphatic heterocycles. The lowest BCUT2D eigenvalue weighted by molar-refractivity contribution is 0.0793. The Labute approximate surface area is 137 Å². The second-order valence-electron chi connectivity index (χ2n) is 8.83. The summed E-state index contributed by atoms with van der Waals surface area (Å²) in [6.45, 7) is 16.6. The van der Waals surface area contributed by atoms with Crippen molar-refractivity contribution >= 4 is 0 Å². The predicted octanol–water partition coefficient (Wildman–Crippen LogP) is 5.89. The number of fused-ring (bicyclic) bond motifs is 2. The first-order valence-electron chi connectivity index (χ1n) is 9.17. The second-order valence-corrected chi connectivity index (χ2v) is 8.83. The molecule has 22 heavy (non-hydrogen) atoms. The van der Waals surface area contributed by atoms with E-state index in [-0.39, 0.29) is 0 Å². The van der Waals surface area contributed by atoms with E-state index >= 15 is 0 Å². The van der Waals surface area contributed by atoms with Crippen LogP contribution in [-0.4, -0.2) is 11.7 Å². The molecular formula is C21H36O. The molecule has 2 bridgehead atoms. The van der Waals surface area contributed by atoms with Gasteiger partial charge in [0.2, 0.25) is 0 Å². The van der Waals surface area contributed by atoms with Gasteiger partial charge in [0.05, 0.1) is 0 Å². The summed E-state index contributed by atoms with van der Waals surface area (Å²) in [4.78, 5) is 0. The van der Waals surface area contributed by atoms with E-state index in [1.54, 1.807) is 11.1 Å². The zero-order valence-electron chi connectivity index (χ0n) is 15.5.